The Morgan fingerprint density at radius 3 is 2.35 bits per heavy atom. The summed E-state index contributed by atoms with van der Waals surface area (Å²) in [5.41, 5.74) is 0.962. The van der Waals surface area contributed by atoms with E-state index in [1.807, 2.05) is 0 Å². The fraction of sp³-hybridized carbons (Fsp3) is 0.591. The molecule has 0 aliphatic carbocycles. The van der Waals surface area contributed by atoms with E-state index < -0.39 is 5.97 Å². The van der Waals surface area contributed by atoms with Crippen LogP contribution in [0.15, 0.2) is 30.4 Å². The number of rotatable bonds is 11. The van der Waals surface area contributed by atoms with Crippen LogP contribution in [0.25, 0.3) is 0 Å². The van der Waals surface area contributed by atoms with Crippen LogP contribution in [0.1, 0.15) is 82.1 Å². The second kappa shape index (κ2) is 11.0. The highest BCUT2D eigenvalue weighted by Crippen LogP contribution is 2.33. The number of phenolic OH excluding ortho intramolecular Hbond substituents is 1. The number of carboxylic acids is 1. The molecule has 0 spiro atoms. The zero-order valence-corrected chi connectivity index (χ0v) is 16.9. The van der Waals surface area contributed by atoms with Gasteiger partial charge in [0, 0.05) is 12.1 Å². The molecule has 1 aromatic rings. The Labute approximate surface area is 158 Å². The van der Waals surface area contributed by atoms with Gasteiger partial charge in [-0.3, -0.25) is 4.90 Å². The summed E-state index contributed by atoms with van der Waals surface area (Å²) in [6.45, 7) is 11.8. The summed E-state index contributed by atoms with van der Waals surface area (Å²) in [6.07, 6.45) is 8.17. The molecule has 0 aliphatic rings. The van der Waals surface area contributed by atoms with Crippen molar-refractivity contribution in [3.8, 4) is 5.75 Å². The molecule has 146 valence electrons. The van der Waals surface area contributed by atoms with E-state index in [1.165, 1.54) is 12.1 Å². The predicted octanol–water partition coefficient (Wildman–Crippen LogP) is 5.43. The number of allylic oxidation sites excluding steroid dienone is 2. The summed E-state index contributed by atoms with van der Waals surface area (Å²) in [6, 6.07) is 5.49. The third-order valence-corrected chi connectivity index (χ3v) is 4.82. The highest BCUT2D eigenvalue weighted by atomic mass is 16.4. The number of carboxylic acid groups (broad SMARTS) is 1. The second-order valence-corrected chi connectivity index (χ2v) is 7.49. The number of aromatic hydroxyl groups is 1. The van der Waals surface area contributed by atoms with Crippen LogP contribution in [-0.2, 0) is 0 Å². The van der Waals surface area contributed by atoms with Gasteiger partial charge in [0.15, 0.2) is 0 Å². The summed E-state index contributed by atoms with van der Waals surface area (Å²) in [4.78, 5) is 13.8. The fourth-order valence-corrected chi connectivity index (χ4v) is 3.38. The fourth-order valence-electron chi connectivity index (χ4n) is 3.38. The number of nitrogens with zero attached hydrogens (tertiary/aromatic N) is 1. The molecule has 0 saturated carbocycles. The molecule has 0 aromatic heterocycles. The van der Waals surface area contributed by atoms with Crippen molar-refractivity contribution in [1.29, 1.82) is 0 Å². The Morgan fingerprint density at radius 2 is 1.81 bits per heavy atom. The van der Waals surface area contributed by atoms with Crippen molar-refractivity contribution in [1.82, 2.24) is 4.90 Å². The van der Waals surface area contributed by atoms with Crippen LogP contribution < -0.4 is 0 Å². The number of unbranched alkanes of at least 4 members (excludes halogenated alkanes) is 1. The number of hydrogen-bond donors (Lipinski definition) is 2. The number of phenols is 1. The van der Waals surface area contributed by atoms with Crippen molar-refractivity contribution in [2.45, 2.75) is 78.3 Å². The molecule has 0 radical (unpaired) electrons. The maximum Gasteiger partial charge on any atom is 0.335 e. The van der Waals surface area contributed by atoms with Gasteiger partial charge in [-0.2, -0.15) is 0 Å². The van der Waals surface area contributed by atoms with Gasteiger partial charge in [0.1, 0.15) is 5.75 Å². The van der Waals surface area contributed by atoms with Gasteiger partial charge in [0.05, 0.1) is 5.56 Å². The van der Waals surface area contributed by atoms with Crippen molar-refractivity contribution in [2.75, 3.05) is 6.54 Å². The first-order valence-electron chi connectivity index (χ1n) is 9.74. The first-order chi connectivity index (χ1) is 12.3. The van der Waals surface area contributed by atoms with Gasteiger partial charge in [0.25, 0.3) is 0 Å². The molecule has 0 bridgehead atoms. The third-order valence-electron chi connectivity index (χ3n) is 4.82. The van der Waals surface area contributed by atoms with Gasteiger partial charge in [-0.25, -0.2) is 4.79 Å². The minimum Gasteiger partial charge on any atom is -0.508 e. The van der Waals surface area contributed by atoms with Gasteiger partial charge in [-0.1, -0.05) is 25.5 Å². The molecular formula is C22H35NO3. The third kappa shape index (κ3) is 6.83. The normalized spacial score (nSPS) is 13.2. The molecule has 1 unspecified atom stereocenters. The molecule has 4 heteroatoms. The van der Waals surface area contributed by atoms with Crippen molar-refractivity contribution in [3.05, 3.63) is 41.5 Å². The average Bonchev–Trinajstić information content (AvgIpc) is 2.56. The van der Waals surface area contributed by atoms with Crippen LogP contribution in [-0.4, -0.2) is 39.7 Å². The molecule has 4 nitrogen and oxygen atoms in total. The summed E-state index contributed by atoms with van der Waals surface area (Å²) < 4.78 is 0. The smallest absolute Gasteiger partial charge is 0.335 e. The maximum atomic E-state index is 11.3. The topological polar surface area (TPSA) is 60.8 Å². The first kappa shape index (κ1) is 22.2. The Kier molecular flexibility index (Phi) is 9.42. The van der Waals surface area contributed by atoms with Crippen molar-refractivity contribution >= 4 is 5.97 Å². The van der Waals surface area contributed by atoms with E-state index in [9.17, 15) is 15.0 Å². The summed E-state index contributed by atoms with van der Waals surface area (Å²) in [5, 5.41) is 19.6. The van der Waals surface area contributed by atoms with Crippen LogP contribution in [0.3, 0.4) is 0 Å². The van der Waals surface area contributed by atoms with Gasteiger partial charge in [0.2, 0.25) is 0 Å². The molecule has 0 aliphatic heterocycles. The standard InChI is InChI=1S/C22H35NO3/c1-6-7-8-9-10-18(13-14-23(16(2)3)17(4)5)20-15-19(22(25)26)11-12-21(20)24/h8-9,11-12,15-18,24H,6-7,10,13-14H2,1-5H3,(H,25,26). The van der Waals surface area contributed by atoms with Gasteiger partial charge in [-0.05, 0) is 83.2 Å². The summed E-state index contributed by atoms with van der Waals surface area (Å²) in [7, 11) is 0. The zero-order chi connectivity index (χ0) is 19.7. The van der Waals surface area contributed by atoms with E-state index in [0.717, 1.165) is 37.8 Å². The molecule has 26 heavy (non-hydrogen) atoms. The van der Waals surface area contributed by atoms with E-state index in [-0.39, 0.29) is 17.2 Å². The Hall–Kier alpha value is -1.81. The minimum atomic E-state index is -0.961. The molecule has 2 N–H and O–H groups in total. The van der Waals surface area contributed by atoms with Crippen LogP contribution in [0, 0.1) is 0 Å². The predicted molar refractivity (Wildman–Crippen MR) is 108 cm³/mol. The first-order valence-corrected chi connectivity index (χ1v) is 9.74. The van der Waals surface area contributed by atoms with Gasteiger partial charge in [-0.15, -0.1) is 0 Å². The van der Waals surface area contributed by atoms with E-state index in [2.05, 4.69) is 51.7 Å². The van der Waals surface area contributed by atoms with Crippen LogP contribution >= 0.6 is 0 Å². The van der Waals surface area contributed by atoms with E-state index in [1.54, 1.807) is 6.07 Å². The molecule has 1 atom stereocenters. The van der Waals surface area contributed by atoms with E-state index in [0.29, 0.717) is 12.1 Å². The molecule has 0 heterocycles. The van der Waals surface area contributed by atoms with Gasteiger partial charge >= 0.3 is 5.97 Å². The molecule has 0 saturated heterocycles. The SMILES string of the molecule is CCCC=CCC(CCN(C(C)C)C(C)C)c1cc(C(=O)O)ccc1O. The molecule has 1 aromatic carbocycles. The molecule has 0 amide bonds. The average molecular weight is 362 g/mol. The zero-order valence-electron chi connectivity index (χ0n) is 16.9. The van der Waals surface area contributed by atoms with Crippen LogP contribution in [0.5, 0.6) is 5.75 Å². The quantitative estimate of drug-likeness (QED) is 0.516. The van der Waals surface area contributed by atoms with Crippen molar-refractivity contribution < 1.29 is 15.0 Å². The number of carbonyl (C=O) groups is 1. The lowest BCUT2D eigenvalue weighted by atomic mass is 9.89. The lowest BCUT2D eigenvalue weighted by Gasteiger charge is -2.32. The van der Waals surface area contributed by atoms with Crippen LogP contribution in [0.4, 0.5) is 0 Å². The monoisotopic (exact) mass is 361 g/mol. The van der Waals surface area contributed by atoms with Crippen molar-refractivity contribution in [2.24, 2.45) is 0 Å². The Bertz CT molecular complexity index is 585. The largest absolute Gasteiger partial charge is 0.508 e. The Balaban J connectivity index is 3.04. The highest BCUT2D eigenvalue weighted by molar-refractivity contribution is 5.88. The summed E-state index contributed by atoms with van der Waals surface area (Å²) in [5.74, 6) is -0.676. The maximum absolute atomic E-state index is 11.3. The molecular weight excluding hydrogens is 326 g/mol. The number of hydrogen-bond acceptors (Lipinski definition) is 3. The van der Waals surface area contributed by atoms with Crippen molar-refractivity contribution in [3.63, 3.8) is 0 Å². The van der Waals surface area contributed by atoms with E-state index in [4.69, 9.17) is 0 Å². The second-order valence-electron chi connectivity index (χ2n) is 7.49. The lowest BCUT2D eigenvalue weighted by molar-refractivity contribution is 0.0696. The van der Waals surface area contributed by atoms with E-state index >= 15 is 0 Å². The minimum absolute atomic E-state index is 0.0995. The molecule has 1 rings (SSSR count). The summed E-state index contributed by atoms with van der Waals surface area (Å²) >= 11 is 0. The number of aromatic carboxylic acids is 1. The lowest BCUT2D eigenvalue weighted by Crippen LogP contribution is -2.38. The highest BCUT2D eigenvalue weighted by Gasteiger charge is 2.20. The van der Waals surface area contributed by atoms with Gasteiger partial charge < -0.3 is 10.2 Å². The molecule has 0 fully saturated rings. The van der Waals surface area contributed by atoms with Crippen LogP contribution in [0.2, 0.25) is 0 Å². The number of benzene rings is 1. The Morgan fingerprint density at radius 1 is 1.15 bits per heavy atom.